The van der Waals surface area contributed by atoms with Gasteiger partial charge in [-0.15, -0.1) is 0 Å². The zero-order chi connectivity index (χ0) is 20.5. The lowest BCUT2D eigenvalue weighted by Crippen LogP contribution is -2.38. The van der Waals surface area contributed by atoms with Crippen LogP contribution < -0.4 is 4.74 Å². The molecule has 0 saturated heterocycles. The molecule has 1 saturated carbocycles. The molecular weight excluding hydrogens is 370 g/mol. The number of hydrogen-bond donors (Lipinski definition) is 1. The molecule has 2 aliphatic rings. The second kappa shape index (κ2) is 7.78. The van der Waals surface area contributed by atoms with E-state index >= 15 is 0 Å². The number of aliphatic hydroxyl groups is 1. The minimum absolute atomic E-state index is 0.00504. The Morgan fingerprint density at radius 1 is 1.21 bits per heavy atom. The quantitative estimate of drug-likeness (QED) is 0.724. The van der Waals surface area contributed by atoms with Crippen molar-refractivity contribution >= 4 is 11.7 Å². The maximum absolute atomic E-state index is 13.1. The highest BCUT2D eigenvalue weighted by molar-refractivity contribution is 6.15. The molecule has 2 aromatic rings. The van der Waals surface area contributed by atoms with E-state index in [4.69, 9.17) is 9.15 Å². The molecule has 6 nitrogen and oxygen atoms in total. The summed E-state index contributed by atoms with van der Waals surface area (Å²) in [5.41, 5.74) is 0.806. The van der Waals surface area contributed by atoms with E-state index in [1.807, 2.05) is 38.1 Å². The molecule has 29 heavy (non-hydrogen) atoms. The van der Waals surface area contributed by atoms with Gasteiger partial charge in [-0.05, 0) is 56.5 Å². The molecule has 2 heterocycles. The molecule has 1 aromatic carbocycles. The molecule has 0 bridgehead atoms. The zero-order valence-corrected chi connectivity index (χ0v) is 16.6. The molecule has 1 atom stereocenters. The summed E-state index contributed by atoms with van der Waals surface area (Å²) < 4.78 is 11.1. The molecule has 1 aliphatic carbocycles. The fourth-order valence-corrected chi connectivity index (χ4v) is 4.31. The number of Topliss-reactive ketones (excluding diaryl/α,β-unsaturated/α-hetero) is 1. The summed E-state index contributed by atoms with van der Waals surface area (Å²) in [6.45, 7) is 3.88. The van der Waals surface area contributed by atoms with Crippen LogP contribution in [0, 0.1) is 0 Å². The fourth-order valence-electron chi connectivity index (χ4n) is 4.31. The number of carbonyl (C=O) groups is 2. The Balaban J connectivity index is 1.80. The van der Waals surface area contributed by atoms with Crippen LogP contribution in [0.2, 0.25) is 0 Å². The Hall–Kier alpha value is -3.02. The second-order valence-corrected chi connectivity index (χ2v) is 7.86. The Bertz CT molecular complexity index is 938. The number of rotatable bonds is 6. The summed E-state index contributed by atoms with van der Waals surface area (Å²) in [7, 11) is 0. The Morgan fingerprint density at radius 3 is 2.62 bits per heavy atom. The van der Waals surface area contributed by atoms with E-state index < -0.39 is 23.5 Å². The van der Waals surface area contributed by atoms with Crippen molar-refractivity contribution in [1.29, 1.82) is 0 Å². The number of aliphatic hydroxyl groups excluding tert-OH is 1. The molecule has 1 amide bonds. The Morgan fingerprint density at radius 2 is 1.97 bits per heavy atom. The summed E-state index contributed by atoms with van der Waals surface area (Å²) in [4.78, 5) is 27.8. The van der Waals surface area contributed by atoms with Gasteiger partial charge >= 0.3 is 0 Å². The maximum Gasteiger partial charge on any atom is 0.290 e. The van der Waals surface area contributed by atoms with Gasteiger partial charge in [0, 0.05) is 6.04 Å². The topological polar surface area (TPSA) is 80.0 Å². The number of hydrogen-bond acceptors (Lipinski definition) is 5. The summed E-state index contributed by atoms with van der Waals surface area (Å²) >= 11 is 0. The van der Waals surface area contributed by atoms with Crippen LogP contribution in [0.15, 0.2) is 58.4 Å². The first-order valence-corrected chi connectivity index (χ1v) is 10.1. The molecule has 0 spiro atoms. The van der Waals surface area contributed by atoms with Crippen molar-refractivity contribution in [3.8, 4) is 5.75 Å². The molecular formula is C23H25NO5. The van der Waals surface area contributed by atoms with Gasteiger partial charge in [0.25, 0.3) is 5.91 Å². The number of ketones is 1. The molecule has 1 aliphatic heterocycles. The van der Waals surface area contributed by atoms with Gasteiger partial charge in [-0.1, -0.05) is 25.0 Å². The summed E-state index contributed by atoms with van der Waals surface area (Å²) in [6.07, 6.45) is 5.18. The smallest absolute Gasteiger partial charge is 0.290 e. The molecule has 4 rings (SSSR count). The average molecular weight is 395 g/mol. The van der Waals surface area contributed by atoms with Crippen molar-refractivity contribution in [2.24, 2.45) is 0 Å². The minimum atomic E-state index is -0.668. The number of amides is 1. The summed E-state index contributed by atoms with van der Waals surface area (Å²) in [5, 5.41) is 10.7. The normalized spacial score (nSPS) is 20.2. The van der Waals surface area contributed by atoms with Gasteiger partial charge in [0.1, 0.15) is 5.75 Å². The van der Waals surface area contributed by atoms with Crippen molar-refractivity contribution in [1.82, 2.24) is 4.90 Å². The standard InChI is InChI=1S/C23H25NO5/c1-14(2)29-17-10-5-7-15(13-17)20-19(21(25)18-11-6-12-28-18)22(26)23(27)24(20)16-8-3-4-9-16/h5-7,10-14,16,20,26H,3-4,8-9H2,1-2H3. The maximum atomic E-state index is 13.1. The average Bonchev–Trinajstić information content (AvgIpc) is 3.43. The van der Waals surface area contributed by atoms with Crippen molar-refractivity contribution in [2.75, 3.05) is 0 Å². The summed E-state index contributed by atoms with van der Waals surface area (Å²) in [6, 6.07) is 9.87. The van der Waals surface area contributed by atoms with Crippen molar-refractivity contribution in [3.05, 3.63) is 65.3 Å². The highest BCUT2D eigenvalue weighted by Gasteiger charge is 2.47. The van der Waals surface area contributed by atoms with E-state index in [2.05, 4.69) is 0 Å². The van der Waals surface area contributed by atoms with E-state index in [1.165, 1.54) is 6.26 Å². The van der Waals surface area contributed by atoms with Crippen molar-refractivity contribution < 1.29 is 23.8 Å². The molecule has 0 radical (unpaired) electrons. The van der Waals surface area contributed by atoms with Crippen LogP contribution in [0.5, 0.6) is 5.75 Å². The third-order valence-corrected chi connectivity index (χ3v) is 5.50. The fraction of sp³-hybridized carbons (Fsp3) is 0.391. The first-order chi connectivity index (χ1) is 14.0. The highest BCUT2D eigenvalue weighted by atomic mass is 16.5. The Labute approximate surface area is 169 Å². The van der Waals surface area contributed by atoms with E-state index in [1.54, 1.807) is 17.0 Å². The van der Waals surface area contributed by atoms with E-state index in [0.717, 1.165) is 31.2 Å². The second-order valence-electron chi connectivity index (χ2n) is 7.86. The van der Waals surface area contributed by atoms with Crippen molar-refractivity contribution in [3.63, 3.8) is 0 Å². The van der Waals surface area contributed by atoms with Gasteiger partial charge in [-0.3, -0.25) is 9.59 Å². The molecule has 6 heteroatoms. The molecule has 1 aromatic heterocycles. The van der Waals surface area contributed by atoms with Gasteiger partial charge < -0.3 is 19.2 Å². The lowest BCUT2D eigenvalue weighted by atomic mass is 9.94. The van der Waals surface area contributed by atoms with Gasteiger partial charge in [-0.2, -0.15) is 0 Å². The van der Waals surface area contributed by atoms with Gasteiger partial charge in [0.2, 0.25) is 5.78 Å². The van der Waals surface area contributed by atoms with Gasteiger partial charge in [0.05, 0.1) is 24.0 Å². The largest absolute Gasteiger partial charge is 0.503 e. The van der Waals surface area contributed by atoms with Crippen molar-refractivity contribution in [2.45, 2.75) is 57.7 Å². The van der Waals surface area contributed by atoms with Crippen LogP contribution in [0.4, 0.5) is 0 Å². The van der Waals surface area contributed by atoms with Crippen LogP contribution in [-0.2, 0) is 4.79 Å². The summed E-state index contributed by atoms with van der Waals surface area (Å²) in [5.74, 6) is -0.688. The predicted molar refractivity (Wildman–Crippen MR) is 107 cm³/mol. The lowest BCUT2D eigenvalue weighted by molar-refractivity contribution is -0.131. The van der Waals surface area contributed by atoms with Gasteiger partial charge in [0.15, 0.2) is 11.5 Å². The van der Waals surface area contributed by atoms with Crippen LogP contribution in [0.25, 0.3) is 0 Å². The number of benzene rings is 1. The SMILES string of the molecule is CC(C)Oc1cccc(C2C(C(=O)c3ccco3)=C(O)C(=O)N2C2CCCC2)c1. The number of nitrogens with zero attached hydrogens (tertiary/aromatic N) is 1. The van der Waals surface area contributed by atoms with E-state index in [9.17, 15) is 14.7 Å². The minimum Gasteiger partial charge on any atom is -0.503 e. The highest BCUT2D eigenvalue weighted by Crippen LogP contribution is 2.43. The molecule has 1 fully saturated rings. The van der Waals surface area contributed by atoms with Crippen LogP contribution in [0.1, 0.15) is 61.7 Å². The zero-order valence-electron chi connectivity index (χ0n) is 16.6. The predicted octanol–water partition coefficient (Wildman–Crippen LogP) is 4.59. The molecule has 152 valence electrons. The van der Waals surface area contributed by atoms with Crippen LogP contribution >= 0.6 is 0 Å². The number of furan rings is 1. The van der Waals surface area contributed by atoms with Crippen LogP contribution in [-0.4, -0.2) is 33.8 Å². The third-order valence-electron chi connectivity index (χ3n) is 5.50. The Kier molecular flexibility index (Phi) is 5.18. The number of ether oxygens (including phenoxy) is 1. The van der Waals surface area contributed by atoms with Gasteiger partial charge in [-0.25, -0.2) is 0 Å². The number of carbonyl (C=O) groups excluding carboxylic acids is 2. The first-order valence-electron chi connectivity index (χ1n) is 10.1. The van der Waals surface area contributed by atoms with E-state index in [-0.39, 0.29) is 23.5 Å². The third kappa shape index (κ3) is 3.55. The lowest BCUT2D eigenvalue weighted by Gasteiger charge is -2.32. The van der Waals surface area contributed by atoms with E-state index in [0.29, 0.717) is 5.75 Å². The van der Waals surface area contributed by atoms with Crippen LogP contribution in [0.3, 0.4) is 0 Å². The first kappa shape index (κ1) is 19.3. The molecule has 1 unspecified atom stereocenters. The monoisotopic (exact) mass is 395 g/mol. The molecule has 1 N–H and O–H groups in total.